The highest BCUT2D eigenvalue weighted by molar-refractivity contribution is 7.98. The molecule has 0 bridgehead atoms. The van der Waals surface area contributed by atoms with Gasteiger partial charge in [0.1, 0.15) is 5.58 Å². The van der Waals surface area contributed by atoms with Crippen LogP contribution in [0.3, 0.4) is 0 Å². The van der Waals surface area contributed by atoms with Gasteiger partial charge >= 0.3 is 5.97 Å². The van der Waals surface area contributed by atoms with Gasteiger partial charge in [-0.25, -0.2) is 14.8 Å². The minimum Gasteiger partial charge on any atom is -0.475 e. The lowest BCUT2D eigenvalue weighted by Gasteiger charge is -2.01. The quantitative estimate of drug-likeness (QED) is 0.587. The average Bonchev–Trinajstić information content (AvgIpc) is 2.88. The van der Waals surface area contributed by atoms with Crippen LogP contribution >= 0.6 is 11.8 Å². The molecule has 0 atom stereocenters. The number of hydrogen-bond donors (Lipinski definition) is 1. The van der Waals surface area contributed by atoms with Gasteiger partial charge in [0.05, 0.1) is 0 Å². The first-order chi connectivity index (χ1) is 10.1. The van der Waals surface area contributed by atoms with E-state index in [-0.39, 0.29) is 5.76 Å². The predicted molar refractivity (Wildman–Crippen MR) is 79.5 cm³/mol. The first kappa shape index (κ1) is 13.6. The number of carbonyl (C=O) groups is 1. The van der Waals surface area contributed by atoms with E-state index in [2.05, 4.69) is 9.97 Å². The molecule has 0 amide bonds. The lowest BCUT2D eigenvalue weighted by molar-refractivity contribution is 0.0665. The van der Waals surface area contributed by atoms with Crippen LogP contribution < -0.4 is 0 Å². The molecule has 0 aliphatic heterocycles. The molecule has 3 aromatic rings. The topological polar surface area (TPSA) is 76.2 Å². The molecule has 0 spiro atoms. The second-order valence-electron chi connectivity index (χ2n) is 4.56. The Labute approximate surface area is 125 Å². The third-order valence-corrected chi connectivity index (χ3v) is 3.86. The first-order valence-electron chi connectivity index (χ1n) is 6.30. The van der Waals surface area contributed by atoms with Gasteiger partial charge in [0.2, 0.25) is 5.76 Å². The van der Waals surface area contributed by atoms with Gasteiger partial charge in [-0.3, -0.25) is 0 Å². The highest BCUT2D eigenvalue weighted by Crippen LogP contribution is 2.24. The molecule has 0 saturated carbocycles. The number of carboxylic acid groups (broad SMARTS) is 1. The van der Waals surface area contributed by atoms with Crippen LogP contribution in [0.15, 0.2) is 46.1 Å². The molecule has 0 fully saturated rings. The van der Waals surface area contributed by atoms with Crippen LogP contribution in [0.1, 0.15) is 21.8 Å². The molecule has 106 valence electrons. The molecular weight excluding hydrogens is 288 g/mol. The molecular formula is C15H12N2O3S. The van der Waals surface area contributed by atoms with Crippen molar-refractivity contribution in [2.24, 2.45) is 0 Å². The van der Waals surface area contributed by atoms with Crippen molar-refractivity contribution in [3.05, 3.63) is 53.5 Å². The van der Waals surface area contributed by atoms with Gasteiger partial charge in [-0.15, -0.1) is 0 Å². The number of nitrogens with zero attached hydrogens (tertiary/aromatic N) is 2. The number of carboxylic acids is 1. The Morgan fingerprint density at radius 1 is 1.33 bits per heavy atom. The van der Waals surface area contributed by atoms with Crippen LogP contribution in [0.5, 0.6) is 0 Å². The zero-order valence-electron chi connectivity index (χ0n) is 11.2. The largest absolute Gasteiger partial charge is 0.475 e. The van der Waals surface area contributed by atoms with Gasteiger partial charge in [-0.2, -0.15) is 0 Å². The van der Waals surface area contributed by atoms with Crippen molar-refractivity contribution < 1.29 is 14.3 Å². The zero-order valence-corrected chi connectivity index (χ0v) is 12.1. The lowest BCUT2D eigenvalue weighted by atomic mass is 10.2. The number of aromatic carboxylic acids is 1. The fourth-order valence-corrected chi connectivity index (χ4v) is 2.75. The smallest absolute Gasteiger partial charge is 0.371 e. The number of benzene rings is 1. The van der Waals surface area contributed by atoms with Gasteiger partial charge in [0.25, 0.3) is 0 Å². The minimum absolute atomic E-state index is 0.0446. The summed E-state index contributed by atoms with van der Waals surface area (Å²) in [5.41, 5.74) is 2.58. The Bertz CT molecular complexity index is 814. The lowest BCUT2D eigenvalue weighted by Crippen LogP contribution is -1.91. The van der Waals surface area contributed by atoms with E-state index in [9.17, 15) is 4.79 Å². The van der Waals surface area contributed by atoms with Crippen LogP contribution in [0, 0.1) is 6.92 Å². The van der Waals surface area contributed by atoms with Crippen molar-refractivity contribution in [3.8, 4) is 0 Å². The molecule has 0 unspecified atom stereocenters. The predicted octanol–water partition coefficient (Wildman–Crippen LogP) is 3.52. The number of thioether (sulfide) groups is 1. The second kappa shape index (κ2) is 5.57. The van der Waals surface area contributed by atoms with Gasteiger partial charge in [0.15, 0.2) is 5.16 Å². The summed E-state index contributed by atoms with van der Waals surface area (Å²) in [6.07, 6.45) is 1.74. The van der Waals surface area contributed by atoms with E-state index in [1.54, 1.807) is 24.0 Å². The maximum atomic E-state index is 10.9. The maximum Gasteiger partial charge on any atom is 0.371 e. The molecule has 5 nitrogen and oxygen atoms in total. The monoisotopic (exact) mass is 300 g/mol. The molecule has 6 heteroatoms. The number of hydrogen-bond acceptors (Lipinski definition) is 5. The van der Waals surface area contributed by atoms with Crippen molar-refractivity contribution in [1.29, 1.82) is 0 Å². The highest BCUT2D eigenvalue weighted by atomic mass is 32.2. The average molecular weight is 300 g/mol. The van der Waals surface area contributed by atoms with Crippen molar-refractivity contribution in [3.63, 3.8) is 0 Å². The number of aromatic nitrogens is 2. The van der Waals surface area contributed by atoms with Crippen LogP contribution in [0.4, 0.5) is 0 Å². The third-order valence-electron chi connectivity index (χ3n) is 2.93. The first-order valence-corrected chi connectivity index (χ1v) is 7.28. The maximum absolute atomic E-state index is 10.9. The van der Waals surface area contributed by atoms with E-state index < -0.39 is 5.97 Å². The molecule has 0 aliphatic carbocycles. The second-order valence-corrected chi connectivity index (χ2v) is 5.50. The molecule has 0 aliphatic rings. The number of furan rings is 1. The van der Waals surface area contributed by atoms with E-state index in [4.69, 9.17) is 9.52 Å². The summed E-state index contributed by atoms with van der Waals surface area (Å²) in [5, 5.41) is 10.4. The summed E-state index contributed by atoms with van der Waals surface area (Å²) >= 11 is 1.54. The van der Waals surface area contributed by atoms with Crippen molar-refractivity contribution in [2.45, 2.75) is 17.8 Å². The Kier molecular flexibility index (Phi) is 3.62. The number of rotatable bonds is 4. The summed E-state index contributed by atoms with van der Waals surface area (Å²) in [7, 11) is 0. The fourth-order valence-electron chi connectivity index (χ4n) is 1.93. The standard InChI is InChI=1S/C15H12N2O3S/c1-9-4-5-16-15(17-9)21-8-10-2-3-12-11(6-10)7-13(20-12)14(18)19/h2-7H,8H2,1H3,(H,18,19). The Morgan fingerprint density at radius 3 is 2.95 bits per heavy atom. The molecule has 0 saturated heterocycles. The van der Waals surface area contributed by atoms with Gasteiger partial charge in [-0.05, 0) is 36.8 Å². The molecule has 1 aromatic carbocycles. The molecule has 3 rings (SSSR count). The van der Waals surface area contributed by atoms with E-state index in [1.165, 1.54) is 6.07 Å². The highest BCUT2D eigenvalue weighted by Gasteiger charge is 2.10. The SMILES string of the molecule is Cc1ccnc(SCc2ccc3oc(C(=O)O)cc3c2)n1. The summed E-state index contributed by atoms with van der Waals surface area (Å²) in [6, 6.07) is 9.02. The summed E-state index contributed by atoms with van der Waals surface area (Å²) in [5.74, 6) is -0.389. The Morgan fingerprint density at radius 2 is 2.19 bits per heavy atom. The number of aryl methyl sites for hydroxylation is 1. The van der Waals surface area contributed by atoms with E-state index >= 15 is 0 Å². The Balaban J connectivity index is 1.79. The van der Waals surface area contributed by atoms with Gasteiger partial charge in [-0.1, -0.05) is 17.8 Å². The van der Waals surface area contributed by atoms with Crippen LogP contribution in [-0.2, 0) is 5.75 Å². The van der Waals surface area contributed by atoms with Gasteiger partial charge < -0.3 is 9.52 Å². The minimum atomic E-state index is -1.06. The fraction of sp³-hybridized carbons (Fsp3) is 0.133. The van der Waals surface area contributed by atoms with Crippen LogP contribution in [-0.4, -0.2) is 21.0 Å². The van der Waals surface area contributed by atoms with Crippen molar-refractivity contribution >= 4 is 28.7 Å². The van der Waals surface area contributed by atoms with E-state index in [0.29, 0.717) is 11.3 Å². The van der Waals surface area contributed by atoms with Crippen molar-refractivity contribution in [2.75, 3.05) is 0 Å². The van der Waals surface area contributed by atoms with E-state index in [0.717, 1.165) is 21.8 Å². The molecule has 21 heavy (non-hydrogen) atoms. The van der Waals surface area contributed by atoms with Gasteiger partial charge in [0, 0.05) is 23.0 Å². The van der Waals surface area contributed by atoms with Crippen molar-refractivity contribution in [1.82, 2.24) is 9.97 Å². The molecule has 2 aromatic heterocycles. The normalized spacial score (nSPS) is 10.9. The molecule has 0 radical (unpaired) electrons. The summed E-state index contributed by atoms with van der Waals surface area (Å²) in [6.45, 7) is 1.93. The Hall–Kier alpha value is -2.34. The van der Waals surface area contributed by atoms with E-state index in [1.807, 2.05) is 25.1 Å². The van der Waals surface area contributed by atoms with Crippen LogP contribution in [0.2, 0.25) is 0 Å². The zero-order chi connectivity index (χ0) is 14.8. The number of fused-ring (bicyclic) bond motifs is 1. The summed E-state index contributed by atoms with van der Waals surface area (Å²) in [4.78, 5) is 19.4. The third kappa shape index (κ3) is 3.05. The molecule has 2 heterocycles. The summed E-state index contributed by atoms with van der Waals surface area (Å²) < 4.78 is 5.23. The molecule has 1 N–H and O–H groups in total. The van der Waals surface area contributed by atoms with Crippen LogP contribution in [0.25, 0.3) is 11.0 Å².